The molecule has 0 aliphatic heterocycles. The Labute approximate surface area is 175 Å². The first kappa shape index (κ1) is 19.8. The van der Waals surface area contributed by atoms with Crippen molar-refractivity contribution in [3.8, 4) is 11.8 Å². The third-order valence-corrected chi connectivity index (χ3v) is 5.17. The van der Waals surface area contributed by atoms with E-state index in [0.717, 1.165) is 11.1 Å². The van der Waals surface area contributed by atoms with E-state index < -0.39 is 12.1 Å². The van der Waals surface area contributed by atoms with Gasteiger partial charge in [-0.25, -0.2) is 4.79 Å². The Bertz CT molecular complexity index is 1190. The molecule has 0 amide bonds. The number of carbonyl (C=O) groups is 1. The van der Waals surface area contributed by atoms with Crippen molar-refractivity contribution in [3.63, 3.8) is 0 Å². The molecule has 0 spiro atoms. The summed E-state index contributed by atoms with van der Waals surface area (Å²) in [5, 5.41) is 11.7. The summed E-state index contributed by atoms with van der Waals surface area (Å²) in [4.78, 5) is 11.3. The van der Waals surface area contributed by atoms with Crippen LogP contribution in [0.4, 0.5) is 0 Å². The molecule has 1 aromatic heterocycles. The fraction of sp³-hybridized carbons (Fsp3) is 0.192. The Morgan fingerprint density at radius 2 is 1.57 bits per heavy atom. The quantitative estimate of drug-likeness (QED) is 0.472. The fourth-order valence-corrected chi connectivity index (χ4v) is 3.75. The van der Waals surface area contributed by atoms with Crippen molar-refractivity contribution in [1.29, 1.82) is 0 Å². The summed E-state index contributed by atoms with van der Waals surface area (Å²) in [5.74, 6) is 5.57. The lowest BCUT2D eigenvalue weighted by atomic mass is 10.1. The standard InChI is InChI=1S/C26H23NO3/c1-2-30-25(26(28)29)18-20-15-13-19(14-16-20)8-7-17-27-23-11-5-3-9-21(23)22-10-4-6-12-24(22)27/h3-6,9-16,25H,2,17-18H2,1H3,(H,28,29). The molecule has 1 unspecified atom stereocenters. The Kier molecular flexibility index (Phi) is 5.83. The lowest BCUT2D eigenvalue weighted by Crippen LogP contribution is -2.26. The second kappa shape index (κ2) is 8.86. The molecule has 0 saturated heterocycles. The highest BCUT2D eigenvalue weighted by Crippen LogP contribution is 2.28. The number of benzene rings is 3. The topological polar surface area (TPSA) is 51.5 Å². The monoisotopic (exact) mass is 397 g/mol. The summed E-state index contributed by atoms with van der Waals surface area (Å²) < 4.78 is 7.53. The minimum atomic E-state index is -0.938. The van der Waals surface area contributed by atoms with Gasteiger partial charge in [0.15, 0.2) is 6.10 Å². The van der Waals surface area contributed by atoms with Gasteiger partial charge in [-0.2, -0.15) is 0 Å². The van der Waals surface area contributed by atoms with Crippen LogP contribution in [-0.2, 0) is 22.5 Å². The molecule has 1 atom stereocenters. The summed E-state index contributed by atoms with van der Waals surface area (Å²) in [5.41, 5.74) is 4.18. The van der Waals surface area contributed by atoms with Gasteiger partial charge in [0.25, 0.3) is 0 Å². The average Bonchev–Trinajstić information content (AvgIpc) is 3.09. The zero-order valence-electron chi connectivity index (χ0n) is 16.8. The van der Waals surface area contributed by atoms with Crippen molar-refractivity contribution < 1.29 is 14.6 Å². The number of hydrogen-bond acceptors (Lipinski definition) is 2. The fourth-order valence-electron chi connectivity index (χ4n) is 3.75. The lowest BCUT2D eigenvalue weighted by molar-refractivity contribution is -0.149. The van der Waals surface area contributed by atoms with Crippen LogP contribution in [0, 0.1) is 11.8 Å². The Balaban J connectivity index is 1.53. The van der Waals surface area contributed by atoms with Crippen molar-refractivity contribution in [2.24, 2.45) is 0 Å². The van der Waals surface area contributed by atoms with E-state index in [9.17, 15) is 9.90 Å². The number of carboxylic acids is 1. The molecule has 0 aliphatic rings. The van der Waals surface area contributed by atoms with E-state index >= 15 is 0 Å². The molecule has 3 aromatic carbocycles. The Morgan fingerprint density at radius 1 is 0.967 bits per heavy atom. The van der Waals surface area contributed by atoms with E-state index in [2.05, 4.69) is 64.9 Å². The molecule has 30 heavy (non-hydrogen) atoms. The van der Waals surface area contributed by atoms with Gasteiger partial charge in [0.2, 0.25) is 0 Å². The SMILES string of the molecule is CCOC(Cc1ccc(C#CCn2c3ccccc3c3ccccc32)cc1)C(=O)O. The molecule has 4 nitrogen and oxygen atoms in total. The third-order valence-electron chi connectivity index (χ3n) is 5.17. The van der Waals surface area contributed by atoms with Crippen molar-refractivity contribution in [2.75, 3.05) is 6.61 Å². The smallest absolute Gasteiger partial charge is 0.333 e. The molecular weight excluding hydrogens is 374 g/mol. The highest BCUT2D eigenvalue weighted by Gasteiger charge is 2.17. The Morgan fingerprint density at radius 3 is 2.13 bits per heavy atom. The van der Waals surface area contributed by atoms with E-state index in [1.54, 1.807) is 6.92 Å². The van der Waals surface area contributed by atoms with Crippen molar-refractivity contribution in [1.82, 2.24) is 4.57 Å². The van der Waals surface area contributed by atoms with E-state index in [1.807, 2.05) is 24.3 Å². The van der Waals surface area contributed by atoms with Crippen LogP contribution in [0.3, 0.4) is 0 Å². The Hall–Kier alpha value is -3.55. The minimum absolute atomic E-state index is 0.345. The number of aliphatic carboxylic acids is 1. The van der Waals surface area contributed by atoms with Gasteiger partial charge < -0.3 is 14.4 Å². The van der Waals surface area contributed by atoms with E-state index in [0.29, 0.717) is 19.6 Å². The number of ether oxygens (including phenoxy) is 1. The van der Waals surface area contributed by atoms with E-state index in [4.69, 9.17) is 4.74 Å². The number of hydrogen-bond donors (Lipinski definition) is 1. The molecule has 0 aliphatic carbocycles. The number of aromatic nitrogens is 1. The molecule has 0 saturated carbocycles. The maximum Gasteiger partial charge on any atom is 0.333 e. The average molecular weight is 397 g/mol. The molecule has 0 fully saturated rings. The summed E-state index contributed by atoms with van der Waals surface area (Å²) >= 11 is 0. The van der Waals surface area contributed by atoms with Gasteiger partial charge in [0.05, 0.1) is 6.54 Å². The van der Waals surface area contributed by atoms with Crippen LogP contribution in [0.1, 0.15) is 18.1 Å². The molecular formula is C26H23NO3. The number of carboxylic acid groups (broad SMARTS) is 1. The lowest BCUT2D eigenvalue weighted by Gasteiger charge is -2.12. The number of nitrogens with zero attached hydrogens (tertiary/aromatic N) is 1. The molecule has 0 radical (unpaired) electrons. The van der Waals surface area contributed by atoms with E-state index in [-0.39, 0.29) is 0 Å². The van der Waals surface area contributed by atoms with Crippen molar-refractivity contribution >= 4 is 27.8 Å². The minimum Gasteiger partial charge on any atom is -0.479 e. The van der Waals surface area contributed by atoms with Gasteiger partial charge in [0.1, 0.15) is 0 Å². The van der Waals surface area contributed by atoms with Gasteiger partial charge in [0, 0.05) is 40.4 Å². The highest BCUT2D eigenvalue weighted by molar-refractivity contribution is 6.08. The normalized spacial score (nSPS) is 11.9. The summed E-state index contributed by atoms with van der Waals surface area (Å²) in [6.07, 6.45) is -0.472. The first-order chi connectivity index (χ1) is 14.7. The third kappa shape index (κ3) is 4.07. The van der Waals surface area contributed by atoms with Crippen molar-refractivity contribution in [3.05, 3.63) is 83.9 Å². The van der Waals surface area contributed by atoms with Crippen LogP contribution in [0.25, 0.3) is 21.8 Å². The van der Waals surface area contributed by atoms with Crippen LogP contribution >= 0.6 is 0 Å². The summed E-state index contributed by atoms with van der Waals surface area (Å²) in [6, 6.07) is 24.5. The largest absolute Gasteiger partial charge is 0.479 e. The van der Waals surface area contributed by atoms with Gasteiger partial charge in [-0.3, -0.25) is 0 Å². The van der Waals surface area contributed by atoms with Crippen LogP contribution < -0.4 is 0 Å². The summed E-state index contributed by atoms with van der Waals surface area (Å²) in [7, 11) is 0. The highest BCUT2D eigenvalue weighted by atomic mass is 16.5. The molecule has 150 valence electrons. The molecule has 4 rings (SSSR count). The van der Waals surface area contributed by atoms with Gasteiger partial charge in [-0.05, 0) is 36.8 Å². The first-order valence-electron chi connectivity index (χ1n) is 10.1. The molecule has 1 N–H and O–H groups in total. The number of para-hydroxylation sites is 2. The predicted molar refractivity (Wildman–Crippen MR) is 120 cm³/mol. The maximum atomic E-state index is 11.3. The molecule has 4 heteroatoms. The van der Waals surface area contributed by atoms with Crippen LogP contribution in [0.5, 0.6) is 0 Å². The van der Waals surface area contributed by atoms with Crippen LogP contribution in [-0.4, -0.2) is 28.4 Å². The van der Waals surface area contributed by atoms with Gasteiger partial charge in [-0.1, -0.05) is 60.4 Å². The van der Waals surface area contributed by atoms with Crippen LogP contribution in [0.15, 0.2) is 72.8 Å². The number of rotatable bonds is 6. The van der Waals surface area contributed by atoms with E-state index in [1.165, 1.54) is 21.8 Å². The van der Waals surface area contributed by atoms with Crippen LogP contribution in [0.2, 0.25) is 0 Å². The maximum absolute atomic E-state index is 11.3. The zero-order valence-corrected chi connectivity index (χ0v) is 16.8. The van der Waals surface area contributed by atoms with Crippen molar-refractivity contribution in [2.45, 2.75) is 26.0 Å². The molecule has 1 heterocycles. The second-order valence-corrected chi connectivity index (χ2v) is 7.11. The summed E-state index contributed by atoms with van der Waals surface area (Å²) in [6.45, 7) is 2.77. The zero-order chi connectivity index (χ0) is 20.9. The first-order valence-corrected chi connectivity index (χ1v) is 10.1. The molecule has 4 aromatic rings. The second-order valence-electron chi connectivity index (χ2n) is 7.11. The number of fused-ring (bicyclic) bond motifs is 3. The van der Waals surface area contributed by atoms with Gasteiger partial charge >= 0.3 is 5.97 Å². The van der Waals surface area contributed by atoms with Gasteiger partial charge in [-0.15, -0.1) is 0 Å². The molecule has 0 bridgehead atoms. The predicted octanol–water partition coefficient (Wildman–Crippen LogP) is 4.88.